The third-order valence-corrected chi connectivity index (χ3v) is 3.89. The fourth-order valence-corrected chi connectivity index (χ4v) is 2.74. The lowest BCUT2D eigenvalue weighted by Gasteiger charge is -2.35. The molecule has 1 saturated heterocycles. The Labute approximate surface area is 132 Å². The molecule has 1 fully saturated rings. The fourth-order valence-electron chi connectivity index (χ4n) is 2.74. The number of aliphatic hydroxyl groups excluding tert-OH is 1. The number of carbonyl (C=O) groups excluding carboxylic acids is 1. The molecule has 1 aliphatic heterocycles. The van der Waals surface area contributed by atoms with Gasteiger partial charge >= 0.3 is 6.09 Å². The van der Waals surface area contributed by atoms with Gasteiger partial charge in [0.2, 0.25) is 0 Å². The summed E-state index contributed by atoms with van der Waals surface area (Å²) >= 11 is 0. The molecule has 1 aliphatic rings. The second kappa shape index (κ2) is 6.57. The molecule has 0 aliphatic carbocycles. The number of piperidine rings is 1. The second-order valence-electron chi connectivity index (χ2n) is 6.92. The molecular weight excluding hydrogens is 280 g/mol. The van der Waals surface area contributed by atoms with Gasteiger partial charge in [-0.1, -0.05) is 12.1 Å². The molecule has 1 atom stereocenters. The molecule has 0 bridgehead atoms. The van der Waals surface area contributed by atoms with Gasteiger partial charge in [-0.3, -0.25) is 0 Å². The number of carbonyl (C=O) groups is 1. The number of likely N-dealkylation sites (tertiary alicyclic amines) is 1. The number of aliphatic hydroxyl groups is 1. The molecule has 122 valence electrons. The molecule has 0 spiro atoms. The van der Waals surface area contributed by atoms with E-state index in [1.807, 2.05) is 39.0 Å². The van der Waals surface area contributed by atoms with Crippen LogP contribution in [0.25, 0.3) is 0 Å². The quantitative estimate of drug-likeness (QED) is 0.824. The number of nitrogens with zero attached hydrogens (tertiary/aromatic N) is 1. The molecule has 5 nitrogen and oxygen atoms in total. The Morgan fingerprint density at radius 1 is 1.36 bits per heavy atom. The minimum Gasteiger partial charge on any atom is -0.444 e. The van der Waals surface area contributed by atoms with Gasteiger partial charge in [0, 0.05) is 18.8 Å². The van der Waals surface area contributed by atoms with Crippen molar-refractivity contribution in [2.75, 3.05) is 18.8 Å². The summed E-state index contributed by atoms with van der Waals surface area (Å²) in [6.07, 6.45) is 0.707. The number of hydrogen-bond donors (Lipinski definition) is 2. The average Bonchev–Trinajstić information content (AvgIpc) is 2.45. The Hall–Kier alpha value is -1.75. The molecule has 0 aromatic heterocycles. The summed E-state index contributed by atoms with van der Waals surface area (Å²) in [4.78, 5) is 13.7. The van der Waals surface area contributed by atoms with Crippen molar-refractivity contribution in [3.8, 4) is 0 Å². The Morgan fingerprint density at radius 2 is 2.00 bits per heavy atom. The number of anilines is 1. The molecule has 22 heavy (non-hydrogen) atoms. The number of hydrogen-bond acceptors (Lipinski definition) is 4. The Bertz CT molecular complexity index is 517. The summed E-state index contributed by atoms with van der Waals surface area (Å²) in [5.41, 5.74) is 6.79. The first kappa shape index (κ1) is 16.6. The SMILES string of the molecule is CC(C)(C)OC(=O)N1CCC(C(O)c2cccc(N)c2)CC1. The van der Waals surface area contributed by atoms with E-state index in [4.69, 9.17) is 10.5 Å². The van der Waals surface area contributed by atoms with Crippen LogP contribution >= 0.6 is 0 Å². The Balaban J connectivity index is 1.90. The largest absolute Gasteiger partial charge is 0.444 e. The van der Waals surface area contributed by atoms with E-state index in [-0.39, 0.29) is 12.0 Å². The highest BCUT2D eigenvalue weighted by molar-refractivity contribution is 5.68. The van der Waals surface area contributed by atoms with E-state index in [1.165, 1.54) is 0 Å². The van der Waals surface area contributed by atoms with Crippen LogP contribution in [-0.4, -0.2) is 34.8 Å². The molecule has 1 aromatic rings. The van der Waals surface area contributed by atoms with Gasteiger partial charge in [0.1, 0.15) is 5.60 Å². The van der Waals surface area contributed by atoms with E-state index < -0.39 is 11.7 Å². The van der Waals surface area contributed by atoms with Gasteiger partial charge in [0.05, 0.1) is 6.10 Å². The number of amides is 1. The highest BCUT2D eigenvalue weighted by Gasteiger charge is 2.30. The summed E-state index contributed by atoms with van der Waals surface area (Å²) in [5.74, 6) is 0.139. The summed E-state index contributed by atoms with van der Waals surface area (Å²) < 4.78 is 5.38. The van der Waals surface area contributed by atoms with Crippen molar-refractivity contribution in [2.45, 2.75) is 45.3 Å². The first-order chi connectivity index (χ1) is 10.3. The minimum atomic E-state index is -0.538. The van der Waals surface area contributed by atoms with Gasteiger partial charge in [-0.05, 0) is 57.2 Å². The topological polar surface area (TPSA) is 75.8 Å². The van der Waals surface area contributed by atoms with Crippen LogP contribution in [0.15, 0.2) is 24.3 Å². The molecule has 5 heteroatoms. The fraction of sp³-hybridized carbons (Fsp3) is 0.588. The summed E-state index contributed by atoms with van der Waals surface area (Å²) in [7, 11) is 0. The zero-order valence-electron chi connectivity index (χ0n) is 13.6. The third kappa shape index (κ3) is 4.37. The zero-order valence-corrected chi connectivity index (χ0v) is 13.6. The predicted octanol–water partition coefficient (Wildman–Crippen LogP) is 2.95. The van der Waals surface area contributed by atoms with E-state index in [0.29, 0.717) is 18.8 Å². The van der Waals surface area contributed by atoms with Crippen LogP contribution in [-0.2, 0) is 4.74 Å². The molecule has 1 aromatic carbocycles. The lowest BCUT2D eigenvalue weighted by atomic mass is 9.87. The maximum Gasteiger partial charge on any atom is 0.410 e. The summed E-state index contributed by atoms with van der Waals surface area (Å²) in [5, 5.41) is 10.5. The van der Waals surface area contributed by atoms with E-state index in [0.717, 1.165) is 18.4 Å². The number of benzene rings is 1. The number of ether oxygens (including phenoxy) is 1. The first-order valence-electron chi connectivity index (χ1n) is 7.78. The van der Waals surface area contributed by atoms with Gasteiger partial charge in [0.25, 0.3) is 0 Å². The van der Waals surface area contributed by atoms with Crippen LogP contribution in [0.5, 0.6) is 0 Å². The van der Waals surface area contributed by atoms with Crippen molar-refractivity contribution >= 4 is 11.8 Å². The first-order valence-corrected chi connectivity index (χ1v) is 7.78. The molecule has 2 rings (SSSR count). The molecule has 1 unspecified atom stereocenters. The minimum absolute atomic E-state index is 0.139. The Kier molecular flexibility index (Phi) is 4.96. The number of nitrogens with two attached hydrogens (primary N) is 1. The van der Waals surface area contributed by atoms with Crippen LogP contribution in [0.2, 0.25) is 0 Å². The van der Waals surface area contributed by atoms with Crippen molar-refractivity contribution in [3.63, 3.8) is 0 Å². The standard InChI is InChI=1S/C17H26N2O3/c1-17(2,3)22-16(21)19-9-7-12(8-10-19)15(20)13-5-4-6-14(18)11-13/h4-6,11-12,15,20H,7-10,18H2,1-3H3. The van der Waals surface area contributed by atoms with Crippen molar-refractivity contribution in [1.29, 1.82) is 0 Å². The van der Waals surface area contributed by atoms with Crippen molar-refractivity contribution < 1.29 is 14.6 Å². The van der Waals surface area contributed by atoms with Gasteiger partial charge < -0.3 is 20.5 Å². The van der Waals surface area contributed by atoms with Crippen molar-refractivity contribution in [2.24, 2.45) is 5.92 Å². The lowest BCUT2D eigenvalue weighted by Crippen LogP contribution is -2.42. The smallest absolute Gasteiger partial charge is 0.410 e. The van der Waals surface area contributed by atoms with Crippen LogP contribution in [0.3, 0.4) is 0 Å². The maximum atomic E-state index is 12.0. The normalized spacial score (nSPS) is 18.1. The van der Waals surface area contributed by atoms with Crippen LogP contribution in [0.1, 0.15) is 45.3 Å². The summed E-state index contributed by atoms with van der Waals surface area (Å²) in [6.45, 7) is 6.81. The second-order valence-corrected chi connectivity index (χ2v) is 6.92. The van der Waals surface area contributed by atoms with Gasteiger partial charge in [0.15, 0.2) is 0 Å². The summed E-state index contributed by atoms with van der Waals surface area (Å²) in [6, 6.07) is 7.36. The average molecular weight is 306 g/mol. The maximum absolute atomic E-state index is 12.0. The molecule has 3 N–H and O–H groups in total. The van der Waals surface area contributed by atoms with Crippen LogP contribution in [0.4, 0.5) is 10.5 Å². The van der Waals surface area contributed by atoms with Gasteiger partial charge in [-0.2, -0.15) is 0 Å². The van der Waals surface area contributed by atoms with E-state index in [2.05, 4.69) is 0 Å². The molecule has 0 saturated carbocycles. The zero-order chi connectivity index (χ0) is 16.3. The van der Waals surface area contributed by atoms with Crippen molar-refractivity contribution in [3.05, 3.63) is 29.8 Å². The monoisotopic (exact) mass is 306 g/mol. The van der Waals surface area contributed by atoms with E-state index >= 15 is 0 Å². The third-order valence-electron chi connectivity index (χ3n) is 3.89. The molecule has 1 amide bonds. The van der Waals surface area contributed by atoms with E-state index in [1.54, 1.807) is 11.0 Å². The predicted molar refractivity (Wildman–Crippen MR) is 86.3 cm³/mol. The van der Waals surface area contributed by atoms with Crippen molar-refractivity contribution in [1.82, 2.24) is 4.90 Å². The van der Waals surface area contributed by atoms with Gasteiger partial charge in [-0.25, -0.2) is 4.79 Å². The van der Waals surface area contributed by atoms with Crippen LogP contribution < -0.4 is 5.73 Å². The Morgan fingerprint density at radius 3 is 2.55 bits per heavy atom. The van der Waals surface area contributed by atoms with E-state index in [9.17, 15) is 9.90 Å². The molecular formula is C17H26N2O3. The lowest BCUT2D eigenvalue weighted by molar-refractivity contribution is 0.00768. The van der Waals surface area contributed by atoms with Gasteiger partial charge in [-0.15, -0.1) is 0 Å². The molecule has 1 heterocycles. The highest BCUT2D eigenvalue weighted by Crippen LogP contribution is 2.31. The highest BCUT2D eigenvalue weighted by atomic mass is 16.6. The number of rotatable bonds is 2. The van der Waals surface area contributed by atoms with Crippen LogP contribution in [0, 0.1) is 5.92 Å². The number of nitrogen functional groups attached to an aromatic ring is 1. The molecule has 0 radical (unpaired) electrons.